The zero-order valence-electron chi connectivity index (χ0n) is 25.2. The van der Waals surface area contributed by atoms with Crippen LogP contribution in [-0.4, -0.2) is 36.7 Å². The number of urea groups is 1. The number of pyridine rings is 1. The lowest BCUT2D eigenvalue weighted by molar-refractivity contribution is 0.1000. The third kappa shape index (κ3) is 6.95. The van der Waals surface area contributed by atoms with E-state index in [1.54, 1.807) is 71.7 Å². The topological polar surface area (TPSA) is 168 Å². The smallest absolute Gasteiger partial charge is 0.327 e. The number of nitriles is 1. The number of rotatable bonds is 9. The highest BCUT2D eigenvalue weighted by Gasteiger charge is 2.20. The predicted octanol–water partition coefficient (Wildman–Crippen LogP) is 5.70. The van der Waals surface area contributed by atoms with Crippen LogP contribution >= 0.6 is 0 Å². The summed E-state index contributed by atoms with van der Waals surface area (Å²) in [4.78, 5) is 40.1. The van der Waals surface area contributed by atoms with Gasteiger partial charge >= 0.3 is 6.03 Å². The molecule has 0 aliphatic rings. The summed E-state index contributed by atoms with van der Waals surface area (Å²) in [6.07, 6.45) is 6.79. The number of aromatic nitrogens is 5. The summed E-state index contributed by atoms with van der Waals surface area (Å²) in [5, 5.41) is 20.0. The lowest BCUT2D eigenvalue weighted by atomic mass is 10.1. The number of nitrogens with one attached hydrogen (secondary N) is 2. The quantitative estimate of drug-likeness (QED) is 0.185. The molecule has 0 aliphatic heterocycles. The molecule has 12 heteroatoms. The zero-order valence-corrected chi connectivity index (χ0v) is 25.2. The van der Waals surface area contributed by atoms with Crippen LogP contribution in [0.15, 0.2) is 116 Å². The molecule has 0 atom stereocenters. The van der Waals surface area contributed by atoms with E-state index in [0.717, 1.165) is 16.7 Å². The minimum absolute atomic E-state index is 0.260. The summed E-state index contributed by atoms with van der Waals surface area (Å²) in [6.45, 7) is 0.340. The summed E-state index contributed by atoms with van der Waals surface area (Å²) in [5.41, 5.74) is 11.0. The van der Waals surface area contributed by atoms with Crippen LogP contribution in [-0.2, 0) is 13.6 Å². The van der Waals surface area contributed by atoms with Crippen LogP contribution in [0.4, 0.5) is 27.9 Å². The number of carbonyl (C=O) groups excluding carboxylic acids is 2. The minimum atomic E-state index is -0.546. The molecule has 47 heavy (non-hydrogen) atoms. The molecule has 230 valence electrons. The molecular formula is C35H28N10O2. The molecule has 4 N–H and O–H groups in total. The second-order valence-electron chi connectivity index (χ2n) is 10.5. The Morgan fingerprint density at radius 3 is 2.26 bits per heavy atom. The Bertz CT molecular complexity index is 2070. The second kappa shape index (κ2) is 13.4. The zero-order chi connectivity index (χ0) is 32.8. The first-order chi connectivity index (χ1) is 22.9. The Morgan fingerprint density at radius 2 is 1.62 bits per heavy atom. The lowest BCUT2D eigenvalue weighted by Crippen LogP contribution is -2.37. The van der Waals surface area contributed by atoms with E-state index in [-0.39, 0.29) is 17.5 Å². The summed E-state index contributed by atoms with van der Waals surface area (Å²) >= 11 is 0. The molecule has 6 aromatic rings. The maximum absolute atomic E-state index is 13.6. The summed E-state index contributed by atoms with van der Waals surface area (Å²) in [6, 6.07) is 28.8. The van der Waals surface area contributed by atoms with Gasteiger partial charge in [0.2, 0.25) is 11.9 Å². The Balaban J connectivity index is 1.25. The van der Waals surface area contributed by atoms with Crippen LogP contribution in [0.2, 0.25) is 0 Å². The molecule has 3 aromatic carbocycles. The molecule has 0 radical (unpaired) electrons. The third-order valence-electron chi connectivity index (χ3n) is 7.24. The van der Waals surface area contributed by atoms with Crippen molar-refractivity contribution in [2.24, 2.45) is 12.8 Å². The summed E-state index contributed by atoms with van der Waals surface area (Å²) < 4.78 is 1.72. The van der Waals surface area contributed by atoms with E-state index in [1.807, 2.05) is 49.6 Å². The van der Waals surface area contributed by atoms with Gasteiger partial charge in [-0.25, -0.2) is 24.6 Å². The summed E-state index contributed by atoms with van der Waals surface area (Å²) in [5.74, 6) is 0.150. The molecule has 3 amide bonds. The number of aryl methyl sites for hydroxylation is 1. The minimum Gasteiger partial charge on any atom is -0.366 e. The fourth-order valence-corrected chi connectivity index (χ4v) is 4.82. The van der Waals surface area contributed by atoms with E-state index in [4.69, 9.17) is 5.73 Å². The maximum atomic E-state index is 13.6. The van der Waals surface area contributed by atoms with Crippen molar-refractivity contribution in [1.29, 1.82) is 5.26 Å². The van der Waals surface area contributed by atoms with Crippen LogP contribution < -0.4 is 21.3 Å². The van der Waals surface area contributed by atoms with Crippen molar-refractivity contribution in [3.63, 3.8) is 0 Å². The van der Waals surface area contributed by atoms with Crippen LogP contribution in [0.3, 0.4) is 0 Å². The van der Waals surface area contributed by atoms with Gasteiger partial charge < -0.3 is 16.4 Å². The van der Waals surface area contributed by atoms with Crippen molar-refractivity contribution in [1.82, 2.24) is 30.0 Å². The highest BCUT2D eigenvalue weighted by Crippen LogP contribution is 2.29. The van der Waals surface area contributed by atoms with Gasteiger partial charge in [0.25, 0.3) is 0 Å². The molecule has 0 saturated carbocycles. The molecule has 3 aromatic heterocycles. The normalized spacial score (nSPS) is 10.6. The Hall–Kier alpha value is -6.87. The van der Waals surface area contributed by atoms with Crippen molar-refractivity contribution >= 4 is 35.1 Å². The molecule has 12 nitrogen and oxygen atoms in total. The molecular weight excluding hydrogens is 592 g/mol. The largest absolute Gasteiger partial charge is 0.366 e. The molecule has 0 unspecified atom stereocenters. The van der Waals surface area contributed by atoms with Gasteiger partial charge in [-0.2, -0.15) is 10.4 Å². The van der Waals surface area contributed by atoms with E-state index < -0.39 is 5.91 Å². The van der Waals surface area contributed by atoms with E-state index in [9.17, 15) is 14.9 Å². The standard InChI is InChI=1S/C35H28N10O2/c1-44-22-28(21-41-44)26-11-16-31(38-19-26)45(35(47)40-18-23-5-3-2-4-6-23)30-14-12-29(13-15-30)42-34-39-20-27(17-36)32(43-34)24-7-9-25(10-8-24)33(37)46/h2-16,19-22H,18H2,1H3,(H2,37,46)(H,40,47)(H,39,42,43). The maximum Gasteiger partial charge on any atom is 0.327 e. The van der Waals surface area contributed by atoms with Crippen molar-refractivity contribution in [3.8, 4) is 28.5 Å². The van der Waals surface area contributed by atoms with Gasteiger partial charge in [0.05, 0.1) is 29.3 Å². The Labute approximate surface area is 270 Å². The number of nitrogens with zero attached hydrogens (tertiary/aromatic N) is 7. The molecule has 0 saturated heterocycles. The monoisotopic (exact) mass is 620 g/mol. The van der Waals surface area contributed by atoms with E-state index in [2.05, 4.69) is 36.8 Å². The van der Waals surface area contributed by atoms with Crippen molar-refractivity contribution in [2.45, 2.75) is 6.54 Å². The fraction of sp³-hybridized carbons (Fsp3) is 0.0571. The van der Waals surface area contributed by atoms with E-state index in [0.29, 0.717) is 40.6 Å². The predicted molar refractivity (Wildman–Crippen MR) is 178 cm³/mol. The first-order valence-electron chi connectivity index (χ1n) is 14.5. The van der Waals surface area contributed by atoms with Gasteiger partial charge in [-0.1, -0.05) is 42.5 Å². The van der Waals surface area contributed by atoms with Gasteiger partial charge in [-0.15, -0.1) is 0 Å². The average Bonchev–Trinajstić information content (AvgIpc) is 3.55. The van der Waals surface area contributed by atoms with Crippen LogP contribution in [0.5, 0.6) is 0 Å². The number of anilines is 4. The number of carbonyl (C=O) groups is 2. The van der Waals surface area contributed by atoms with E-state index in [1.165, 1.54) is 11.1 Å². The molecule has 3 heterocycles. The molecule has 0 fully saturated rings. The average molecular weight is 621 g/mol. The molecule has 0 bridgehead atoms. The number of benzene rings is 3. The molecule has 0 aliphatic carbocycles. The highest BCUT2D eigenvalue weighted by molar-refractivity contribution is 5.98. The van der Waals surface area contributed by atoms with Gasteiger partial charge in [0.15, 0.2) is 0 Å². The second-order valence-corrected chi connectivity index (χ2v) is 10.5. The number of nitrogens with two attached hydrogens (primary N) is 1. The molecule has 0 spiro atoms. The fourth-order valence-electron chi connectivity index (χ4n) is 4.82. The Morgan fingerprint density at radius 1 is 0.872 bits per heavy atom. The summed E-state index contributed by atoms with van der Waals surface area (Å²) in [7, 11) is 1.85. The molecule has 6 rings (SSSR count). The van der Waals surface area contributed by atoms with Gasteiger partial charge in [0.1, 0.15) is 11.9 Å². The van der Waals surface area contributed by atoms with Crippen molar-refractivity contribution in [3.05, 3.63) is 132 Å². The van der Waals surface area contributed by atoms with Gasteiger partial charge in [-0.3, -0.25) is 9.48 Å². The van der Waals surface area contributed by atoms with Gasteiger partial charge in [-0.05, 0) is 54.1 Å². The number of hydrogen-bond donors (Lipinski definition) is 3. The van der Waals surface area contributed by atoms with Gasteiger partial charge in [0, 0.05) is 53.9 Å². The first kappa shape index (κ1) is 30.2. The number of primary amides is 1. The number of amides is 3. The third-order valence-corrected chi connectivity index (χ3v) is 7.24. The highest BCUT2D eigenvalue weighted by atomic mass is 16.2. The van der Waals surface area contributed by atoms with E-state index >= 15 is 0 Å². The SMILES string of the molecule is Cn1cc(-c2ccc(N(C(=O)NCc3ccccc3)c3ccc(Nc4ncc(C#N)c(-c5ccc(C(N)=O)cc5)n4)cc3)nc2)cn1. The van der Waals surface area contributed by atoms with Crippen molar-refractivity contribution in [2.75, 3.05) is 10.2 Å². The lowest BCUT2D eigenvalue weighted by Gasteiger charge is -2.23. The van der Waals surface area contributed by atoms with Crippen LogP contribution in [0.1, 0.15) is 21.5 Å². The Kier molecular flexibility index (Phi) is 8.61. The number of hydrogen-bond acceptors (Lipinski definition) is 8. The first-order valence-corrected chi connectivity index (χ1v) is 14.5. The van der Waals surface area contributed by atoms with Crippen molar-refractivity contribution < 1.29 is 9.59 Å². The van der Waals surface area contributed by atoms with Crippen LogP contribution in [0.25, 0.3) is 22.4 Å². The van der Waals surface area contributed by atoms with Crippen LogP contribution in [0, 0.1) is 11.3 Å².